The highest BCUT2D eigenvalue weighted by Gasteiger charge is 2.15. The molecule has 1 aliphatic rings. The third kappa shape index (κ3) is 2.01. The third-order valence-corrected chi connectivity index (χ3v) is 2.55. The number of pyridine rings is 1. The van der Waals surface area contributed by atoms with E-state index >= 15 is 0 Å². The van der Waals surface area contributed by atoms with Crippen LogP contribution in [-0.4, -0.2) is 23.3 Å². The zero-order valence-corrected chi connectivity index (χ0v) is 9.54. The Morgan fingerprint density at radius 1 is 1.40 bits per heavy atom. The lowest BCUT2D eigenvalue weighted by Crippen LogP contribution is -2.18. The Morgan fingerprint density at radius 2 is 2.20 bits per heavy atom. The molecule has 3 heteroatoms. The van der Waals surface area contributed by atoms with Crippen molar-refractivity contribution in [1.29, 1.82) is 0 Å². The number of fused-ring (bicyclic) bond motifs is 1. The molecule has 2 rings (SSSR count). The average molecular weight is 203 g/mol. The lowest BCUT2D eigenvalue weighted by molar-refractivity contribution is 0.878. The largest absolute Gasteiger partial charge is 0.367 e. The molecule has 1 aliphatic heterocycles. The van der Waals surface area contributed by atoms with Gasteiger partial charge in [-0.05, 0) is 38.8 Å². The summed E-state index contributed by atoms with van der Waals surface area (Å²) in [4.78, 5) is 8.87. The van der Waals surface area contributed by atoms with Crippen LogP contribution in [-0.2, 0) is 6.42 Å². The fourth-order valence-corrected chi connectivity index (χ4v) is 1.92. The molecular weight excluding hydrogens is 186 g/mol. The van der Waals surface area contributed by atoms with Gasteiger partial charge in [-0.25, -0.2) is 4.98 Å². The van der Waals surface area contributed by atoms with Gasteiger partial charge >= 0.3 is 0 Å². The molecule has 0 bridgehead atoms. The molecule has 0 aliphatic carbocycles. The first kappa shape index (κ1) is 10.1. The van der Waals surface area contributed by atoms with Crippen molar-refractivity contribution in [2.45, 2.75) is 33.2 Å². The van der Waals surface area contributed by atoms with E-state index in [2.05, 4.69) is 42.1 Å². The van der Waals surface area contributed by atoms with E-state index in [0.717, 1.165) is 24.5 Å². The second-order valence-corrected chi connectivity index (χ2v) is 4.21. The zero-order chi connectivity index (χ0) is 10.8. The van der Waals surface area contributed by atoms with Gasteiger partial charge in [0.2, 0.25) is 0 Å². The molecule has 1 aromatic heterocycles. The van der Waals surface area contributed by atoms with Gasteiger partial charge in [-0.3, -0.25) is 4.99 Å². The first-order valence-electron chi connectivity index (χ1n) is 5.44. The summed E-state index contributed by atoms with van der Waals surface area (Å²) in [6.07, 6.45) is 2.91. The Morgan fingerprint density at radius 3 is 2.93 bits per heavy atom. The Kier molecular flexibility index (Phi) is 2.71. The summed E-state index contributed by atoms with van der Waals surface area (Å²) in [6, 6.07) is 2.50. The molecule has 2 heterocycles. The second-order valence-electron chi connectivity index (χ2n) is 4.21. The molecule has 0 radical (unpaired) electrons. The van der Waals surface area contributed by atoms with Crippen LogP contribution in [0.4, 0.5) is 5.82 Å². The van der Waals surface area contributed by atoms with Gasteiger partial charge < -0.3 is 5.32 Å². The molecule has 0 unspecified atom stereocenters. The number of nitrogens with one attached hydrogen (secondary N) is 1. The summed E-state index contributed by atoms with van der Waals surface area (Å²) in [6.45, 7) is 7.21. The quantitative estimate of drug-likeness (QED) is 0.800. The predicted octanol–water partition coefficient (Wildman–Crippen LogP) is 2.27. The van der Waals surface area contributed by atoms with E-state index < -0.39 is 0 Å². The molecular formula is C12H17N3. The summed E-state index contributed by atoms with van der Waals surface area (Å²) in [5.41, 5.74) is 3.67. The van der Waals surface area contributed by atoms with Crippen LogP contribution in [0.2, 0.25) is 0 Å². The number of anilines is 1. The van der Waals surface area contributed by atoms with Crippen molar-refractivity contribution < 1.29 is 0 Å². The van der Waals surface area contributed by atoms with E-state index in [4.69, 9.17) is 0 Å². The van der Waals surface area contributed by atoms with Gasteiger partial charge in [0.15, 0.2) is 0 Å². The molecule has 3 nitrogen and oxygen atoms in total. The maximum absolute atomic E-state index is 4.48. The number of nitrogens with zero attached hydrogens (tertiary/aromatic N) is 2. The summed E-state index contributed by atoms with van der Waals surface area (Å²) >= 11 is 0. The van der Waals surface area contributed by atoms with Crippen molar-refractivity contribution in [3.8, 4) is 0 Å². The van der Waals surface area contributed by atoms with Crippen molar-refractivity contribution in [2.24, 2.45) is 4.99 Å². The minimum Gasteiger partial charge on any atom is -0.367 e. The summed E-state index contributed by atoms with van der Waals surface area (Å²) in [7, 11) is 0. The van der Waals surface area contributed by atoms with Crippen LogP contribution in [0.5, 0.6) is 0 Å². The van der Waals surface area contributed by atoms with E-state index in [1.807, 2.05) is 6.20 Å². The van der Waals surface area contributed by atoms with Crippen LogP contribution in [0, 0.1) is 0 Å². The standard InChI is InChI=1S/C12H17N3/c1-8(2)15-12-11-9(3)13-6-4-10(11)5-7-14-12/h5,7-8H,4,6H2,1-3H3,(H,14,15). The molecule has 0 spiro atoms. The number of hydrogen-bond acceptors (Lipinski definition) is 3. The smallest absolute Gasteiger partial charge is 0.135 e. The summed E-state index contributed by atoms with van der Waals surface area (Å²) in [5.74, 6) is 0.975. The molecule has 0 saturated heterocycles. The molecule has 0 aromatic carbocycles. The maximum atomic E-state index is 4.48. The number of aromatic nitrogens is 1. The monoisotopic (exact) mass is 203 g/mol. The van der Waals surface area contributed by atoms with Crippen molar-refractivity contribution in [2.75, 3.05) is 11.9 Å². The van der Waals surface area contributed by atoms with E-state index in [1.165, 1.54) is 11.1 Å². The fourth-order valence-electron chi connectivity index (χ4n) is 1.92. The van der Waals surface area contributed by atoms with Crippen molar-refractivity contribution in [3.63, 3.8) is 0 Å². The minimum atomic E-state index is 0.402. The van der Waals surface area contributed by atoms with Crippen LogP contribution in [0.25, 0.3) is 0 Å². The second kappa shape index (κ2) is 4.01. The van der Waals surface area contributed by atoms with Crippen molar-refractivity contribution in [3.05, 3.63) is 23.4 Å². The fraction of sp³-hybridized carbons (Fsp3) is 0.500. The van der Waals surface area contributed by atoms with Crippen molar-refractivity contribution in [1.82, 2.24) is 4.98 Å². The summed E-state index contributed by atoms with van der Waals surface area (Å²) in [5, 5.41) is 3.37. The van der Waals surface area contributed by atoms with Crippen LogP contribution in [0.3, 0.4) is 0 Å². The lowest BCUT2D eigenvalue weighted by Gasteiger charge is -2.19. The lowest BCUT2D eigenvalue weighted by atomic mass is 9.99. The van der Waals surface area contributed by atoms with Gasteiger partial charge in [0.1, 0.15) is 5.82 Å². The highest BCUT2D eigenvalue weighted by Crippen LogP contribution is 2.22. The predicted molar refractivity (Wildman–Crippen MR) is 63.8 cm³/mol. The number of hydrogen-bond donors (Lipinski definition) is 1. The molecule has 1 aromatic rings. The Bertz CT molecular complexity index is 394. The normalized spacial score (nSPS) is 14.8. The molecule has 80 valence electrons. The average Bonchev–Trinajstić information content (AvgIpc) is 2.17. The van der Waals surface area contributed by atoms with Gasteiger partial charge in [0.05, 0.1) is 0 Å². The Labute approximate surface area is 90.6 Å². The van der Waals surface area contributed by atoms with Gasteiger partial charge in [0, 0.05) is 30.1 Å². The van der Waals surface area contributed by atoms with E-state index in [-0.39, 0.29) is 0 Å². The van der Waals surface area contributed by atoms with Crippen LogP contribution in [0.1, 0.15) is 31.9 Å². The minimum absolute atomic E-state index is 0.402. The molecule has 15 heavy (non-hydrogen) atoms. The number of aliphatic imine (C=N–C) groups is 1. The van der Waals surface area contributed by atoms with E-state index in [0.29, 0.717) is 6.04 Å². The van der Waals surface area contributed by atoms with Crippen LogP contribution < -0.4 is 5.32 Å². The Balaban J connectivity index is 2.45. The molecule has 0 saturated carbocycles. The van der Waals surface area contributed by atoms with E-state index in [1.54, 1.807) is 0 Å². The molecule has 0 atom stereocenters. The SMILES string of the molecule is CC1=NCCc2ccnc(NC(C)C)c21. The first-order chi connectivity index (χ1) is 7.18. The first-order valence-corrected chi connectivity index (χ1v) is 5.44. The highest BCUT2D eigenvalue weighted by molar-refractivity contribution is 6.04. The zero-order valence-electron chi connectivity index (χ0n) is 9.54. The molecule has 0 fully saturated rings. The van der Waals surface area contributed by atoms with Crippen molar-refractivity contribution >= 4 is 11.5 Å². The van der Waals surface area contributed by atoms with Crippen LogP contribution in [0.15, 0.2) is 17.3 Å². The number of rotatable bonds is 2. The molecule has 0 amide bonds. The highest BCUT2D eigenvalue weighted by atomic mass is 15.0. The van der Waals surface area contributed by atoms with Gasteiger partial charge in [-0.2, -0.15) is 0 Å². The third-order valence-electron chi connectivity index (χ3n) is 2.55. The summed E-state index contributed by atoms with van der Waals surface area (Å²) < 4.78 is 0. The van der Waals surface area contributed by atoms with Gasteiger partial charge in [0.25, 0.3) is 0 Å². The Hall–Kier alpha value is -1.38. The van der Waals surface area contributed by atoms with Crippen LogP contribution >= 0.6 is 0 Å². The maximum Gasteiger partial charge on any atom is 0.135 e. The van der Waals surface area contributed by atoms with Gasteiger partial charge in [-0.1, -0.05) is 0 Å². The van der Waals surface area contributed by atoms with Gasteiger partial charge in [-0.15, -0.1) is 0 Å². The molecule has 1 N–H and O–H groups in total. The van der Waals surface area contributed by atoms with E-state index in [9.17, 15) is 0 Å². The topological polar surface area (TPSA) is 37.3 Å².